The first-order chi connectivity index (χ1) is 12.8. The van der Waals surface area contributed by atoms with Gasteiger partial charge in [-0.25, -0.2) is 0 Å². The van der Waals surface area contributed by atoms with Crippen LogP contribution in [0.1, 0.15) is 45.8 Å². The summed E-state index contributed by atoms with van der Waals surface area (Å²) in [5, 5.41) is 3.38. The highest BCUT2D eigenvalue weighted by molar-refractivity contribution is 5.94. The van der Waals surface area contributed by atoms with E-state index in [0.717, 1.165) is 38.1 Å². The highest BCUT2D eigenvalue weighted by Crippen LogP contribution is 2.30. The molecule has 1 heterocycles. The molecule has 2 aromatic rings. The molecule has 1 saturated heterocycles. The van der Waals surface area contributed by atoms with Gasteiger partial charge >= 0.3 is 6.18 Å². The van der Waals surface area contributed by atoms with Crippen molar-refractivity contribution < 1.29 is 18.0 Å². The first-order valence-corrected chi connectivity index (χ1v) is 9.07. The zero-order valence-corrected chi connectivity index (χ0v) is 15.2. The molecule has 1 atom stereocenters. The Balaban J connectivity index is 1.66. The minimum Gasteiger partial charge on any atom is -0.337 e. The summed E-state index contributed by atoms with van der Waals surface area (Å²) in [7, 11) is 1.60. The Morgan fingerprint density at radius 3 is 2.56 bits per heavy atom. The van der Waals surface area contributed by atoms with Crippen LogP contribution in [0.4, 0.5) is 13.2 Å². The average Bonchev–Trinajstić information content (AvgIpc) is 2.68. The van der Waals surface area contributed by atoms with Crippen LogP contribution in [0.2, 0.25) is 0 Å². The highest BCUT2D eigenvalue weighted by atomic mass is 19.4. The van der Waals surface area contributed by atoms with Gasteiger partial charge in [-0.1, -0.05) is 24.3 Å². The third-order valence-electron chi connectivity index (χ3n) is 4.95. The van der Waals surface area contributed by atoms with Gasteiger partial charge in [0.1, 0.15) is 0 Å². The van der Waals surface area contributed by atoms with Crippen molar-refractivity contribution in [3.8, 4) is 0 Å². The van der Waals surface area contributed by atoms with Crippen molar-refractivity contribution >= 4 is 5.91 Å². The van der Waals surface area contributed by atoms with E-state index < -0.39 is 11.7 Å². The Labute approximate surface area is 157 Å². The van der Waals surface area contributed by atoms with Crippen molar-refractivity contribution in [2.75, 3.05) is 20.1 Å². The van der Waals surface area contributed by atoms with Crippen LogP contribution in [0, 0.1) is 0 Å². The van der Waals surface area contributed by atoms with Crippen molar-refractivity contribution in [2.24, 2.45) is 0 Å². The second-order valence-corrected chi connectivity index (χ2v) is 7.02. The molecule has 0 spiro atoms. The van der Waals surface area contributed by atoms with E-state index in [4.69, 9.17) is 0 Å². The molecule has 0 saturated carbocycles. The zero-order valence-electron chi connectivity index (χ0n) is 15.2. The van der Waals surface area contributed by atoms with Crippen molar-refractivity contribution in [3.05, 3.63) is 70.8 Å². The minimum atomic E-state index is -4.39. The Hall–Kier alpha value is -2.34. The molecule has 144 valence electrons. The molecular formula is C21H23F3N2O. The van der Waals surface area contributed by atoms with Crippen molar-refractivity contribution in [2.45, 2.75) is 31.5 Å². The summed E-state index contributed by atoms with van der Waals surface area (Å²) in [5.41, 5.74) is 1.49. The van der Waals surface area contributed by atoms with Crippen LogP contribution in [0.3, 0.4) is 0 Å². The van der Waals surface area contributed by atoms with Crippen molar-refractivity contribution in [3.63, 3.8) is 0 Å². The molecule has 1 amide bonds. The van der Waals surface area contributed by atoms with E-state index in [1.165, 1.54) is 16.5 Å². The van der Waals surface area contributed by atoms with Gasteiger partial charge in [-0.05, 0) is 60.7 Å². The molecule has 6 heteroatoms. The van der Waals surface area contributed by atoms with Gasteiger partial charge in [0.15, 0.2) is 0 Å². The summed E-state index contributed by atoms with van der Waals surface area (Å²) < 4.78 is 38.5. The SMILES string of the molecule is CN(Cc1cccc(C(F)(F)F)c1)C(=O)c1ccc(C2CCCNC2)cc1. The molecule has 1 unspecified atom stereocenters. The normalized spacial score (nSPS) is 17.6. The molecule has 0 radical (unpaired) electrons. The fraction of sp³-hybridized carbons (Fsp3) is 0.381. The topological polar surface area (TPSA) is 32.3 Å². The molecule has 1 N–H and O–H groups in total. The van der Waals surface area contributed by atoms with Crippen LogP contribution >= 0.6 is 0 Å². The number of rotatable bonds is 4. The quantitative estimate of drug-likeness (QED) is 0.855. The van der Waals surface area contributed by atoms with Gasteiger partial charge in [0, 0.05) is 25.7 Å². The summed E-state index contributed by atoms with van der Waals surface area (Å²) in [6.45, 7) is 2.12. The van der Waals surface area contributed by atoms with Gasteiger partial charge < -0.3 is 10.2 Å². The number of piperidine rings is 1. The number of hydrogen-bond donors (Lipinski definition) is 1. The number of nitrogens with zero attached hydrogens (tertiary/aromatic N) is 1. The van der Waals surface area contributed by atoms with Crippen LogP contribution in [0.15, 0.2) is 48.5 Å². The molecular weight excluding hydrogens is 353 g/mol. The third kappa shape index (κ3) is 4.89. The molecule has 27 heavy (non-hydrogen) atoms. The largest absolute Gasteiger partial charge is 0.416 e. The molecule has 3 rings (SSSR count). The van der Waals surface area contributed by atoms with E-state index in [-0.39, 0.29) is 12.5 Å². The lowest BCUT2D eigenvalue weighted by Gasteiger charge is -2.23. The summed E-state index contributed by atoms with van der Waals surface area (Å²) in [4.78, 5) is 14.0. The number of alkyl halides is 3. The lowest BCUT2D eigenvalue weighted by Crippen LogP contribution is -2.28. The lowest BCUT2D eigenvalue weighted by atomic mass is 9.91. The zero-order chi connectivity index (χ0) is 19.4. The number of halogens is 3. The number of hydrogen-bond acceptors (Lipinski definition) is 2. The number of amides is 1. The summed E-state index contributed by atoms with van der Waals surface area (Å²) in [5.74, 6) is 0.256. The lowest BCUT2D eigenvalue weighted by molar-refractivity contribution is -0.137. The van der Waals surface area contributed by atoms with E-state index in [0.29, 0.717) is 17.0 Å². The van der Waals surface area contributed by atoms with E-state index >= 15 is 0 Å². The Morgan fingerprint density at radius 1 is 1.19 bits per heavy atom. The molecule has 0 aliphatic carbocycles. The fourth-order valence-corrected chi connectivity index (χ4v) is 3.45. The van der Waals surface area contributed by atoms with Crippen LogP contribution < -0.4 is 5.32 Å². The first kappa shape index (κ1) is 19.4. The molecule has 1 fully saturated rings. The molecule has 3 nitrogen and oxygen atoms in total. The molecule has 0 aromatic heterocycles. The van der Waals surface area contributed by atoms with Gasteiger partial charge in [0.25, 0.3) is 5.91 Å². The minimum absolute atomic E-state index is 0.122. The van der Waals surface area contributed by atoms with Gasteiger partial charge in [-0.3, -0.25) is 4.79 Å². The molecule has 2 aromatic carbocycles. The smallest absolute Gasteiger partial charge is 0.337 e. The van der Waals surface area contributed by atoms with Crippen LogP contribution in [0.25, 0.3) is 0 Å². The van der Waals surface area contributed by atoms with Crippen LogP contribution in [-0.2, 0) is 12.7 Å². The van der Waals surface area contributed by atoms with Crippen LogP contribution in [-0.4, -0.2) is 30.9 Å². The Bertz CT molecular complexity index is 781. The van der Waals surface area contributed by atoms with Gasteiger partial charge in [0.05, 0.1) is 5.56 Å². The number of nitrogens with one attached hydrogen (secondary N) is 1. The maximum Gasteiger partial charge on any atom is 0.416 e. The summed E-state index contributed by atoms with van der Waals surface area (Å²) in [6, 6.07) is 12.6. The molecule has 0 bridgehead atoms. The van der Waals surface area contributed by atoms with Gasteiger partial charge in [-0.15, -0.1) is 0 Å². The summed E-state index contributed by atoms with van der Waals surface area (Å²) >= 11 is 0. The average molecular weight is 376 g/mol. The second-order valence-electron chi connectivity index (χ2n) is 7.02. The number of carbonyl (C=O) groups excluding carboxylic acids is 1. The monoisotopic (exact) mass is 376 g/mol. The highest BCUT2D eigenvalue weighted by Gasteiger charge is 2.30. The third-order valence-corrected chi connectivity index (χ3v) is 4.95. The standard InChI is InChI=1S/C21H23F3N2O/c1-26(14-15-4-2-6-19(12-15)21(22,23)24)20(27)17-9-7-16(8-10-17)18-5-3-11-25-13-18/h2,4,6-10,12,18,25H,3,5,11,13-14H2,1H3. The van der Waals surface area contributed by atoms with Crippen LogP contribution in [0.5, 0.6) is 0 Å². The number of benzene rings is 2. The van der Waals surface area contributed by atoms with E-state index in [2.05, 4.69) is 5.32 Å². The van der Waals surface area contributed by atoms with Crippen molar-refractivity contribution in [1.82, 2.24) is 10.2 Å². The fourth-order valence-electron chi connectivity index (χ4n) is 3.45. The molecule has 1 aliphatic rings. The molecule has 1 aliphatic heterocycles. The summed E-state index contributed by atoms with van der Waals surface area (Å²) in [6.07, 6.45) is -2.11. The van der Waals surface area contributed by atoms with Crippen molar-refractivity contribution in [1.29, 1.82) is 0 Å². The number of carbonyl (C=O) groups is 1. The Morgan fingerprint density at radius 2 is 1.93 bits per heavy atom. The van der Waals surface area contributed by atoms with E-state index in [9.17, 15) is 18.0 Å². The Kier molecular flexibility index (Phi) is 5.85. The van der Waals surface area contributed by atoms with Gasteiger partial charge in [0.2, 0.25) is 0 Å². The van der Waals surface area contributed by atoms with E-state index in [1.807, 2.05) is 12.1 Å². The van der Waals surface area contributed by atoms with Gasteiger partial charge in [-0.2, -0.15) is 13.2 Å². The second kappa shape index (κ2) is 8.13. The predicted octanol–water partition coefficient (Wildman–Crippen LogP) is 4.44. The van der Waals surface area contributed by atoms with E-state index in [1.54, 1.807) is 25.2 Å². The maximum absolute atomic E-state index is 12.8. The first-order valence-electron chi connectivity index (χ1n) is 9.07. The maximum atomic E-state index is 12.8. The predicted molar refractivity (Wildman–Crippen MR) is 98.5 cm³/mol.